The summed E-state index contributed by atoms with van der Waals surface area (Å²) in [5.74, 6) is 0.339. The van der Waals surface area contributed by atoms with Crippen LogP contribution in [0, 0.1) is 0 Å². The molecule has 2 heterocycles. The molecule has 0 unspecified atom stereocenters. The van der Waals surface area contributed by atoms with Crippen LogP contribution in [-0.4, -0.2) is 39.8 Å². The highest BCUT2D eigenvalue weighted by atomic mass is 79.9. The summed E-state index contributed by atoms with van der Waals surface area (Å²) in [6.45, 7) is -0.101. The Bertz CT molecular complexity index is 1740. The molecule has 13 heteroatoms. The Morgan fingerprint density at radius 1 is 1.09 bits per heavy atom. The molecular formula is C30H21Br2ClN4O5S. The molecule has 1 saturated heterocycles. The van der Waals surface area contributed by atoms with Crippen molar-refractivity contribution in [2.75, 3.05) is 11.9 Å². The number of thioether (sulfide) groups is 1. The van der Waals surface area contributed by atoms with Crippen LogP contribution in [0.1, 0.15) is 16.9 Å². The number of nitrogens with zero attached hydrogens (tertiary/aromatic N) is 3. The lowest BCUT2D eigenvalue weighted by Gasteiger charge is -2.12. The second-order valence-electron chi connectivity index (χ2n) is 8.92. The van der Waals surface area contributed by atoms with Gasteiger partial charge in [0.25, 0.3) is 11.8 Å². The number of nitrogens with one attached hydrogen (secondary N) is 1. The maximum Gasteiger partial charge on any atom is 0.267 e. The number of phenols is 1. The Hall–Kier alpha value is -3.84. The Morgan fingerprint density at radius 2 is 1.88 bits per heavy atom. The zero-order chi connectivity index (χ0) is 30.3. The lowest BCUT2D eigenvalue weighted by atomic mass is 10.2. The fourth-order valence-electron chi connectivity index (χ4n) is 3.85. The van der Waals surface area contributed by atoms with E-state index in [2.05, 4.69) is 47.4 Å². The van der Waals surface area contributed by atoms with E-state index >= 15 is 0 Å². The van der Waals surface area contributed by atoms with Crippen LogP contribution in [0.4, 0.5) is 5.69 Å². The normalized spacial score (nSPS) is 15.1. The molecule has 0 atom stereocenters. The van der Waals surface area contributed by atoms with Gasteiger partial charge in [-0.05, 0) is 88.4 Å². The molecule has 218 valence electrons. The van der Waals surface area contributed by atoms with Gasteiger partial charge in [0.2, 0.25) is 0 Å². The van der Waals surface area contributed by atoms with Crippen molar-refractivity contribution in [3.8, 4) is 11.5 Å². The summed E-state index contributed by atoms with van der Waals surface area (Å²) in [5, 5.41) is 22.4. The lowest BCUT2D eigenvalue weighted by molar-refractivity contribution is -0.122. The molecule has 4 aromatic rings. The van der Waals surface area contributed by atoms with Crippen LogP contribution in [0.5, 0.6) is 11.5 Å². The molecular weight excluding hydrogens is 724 g/mol. The molecule has 1 aliphatic heterocycles. The maximum absolute atomic E-state index is 13.5. The Morgan fingerprint density at radius 3 is 2.65 bits per heavy atom. The molecule has 0 spiro atoms. The Labute approximate surface area is 272 Å². The number of benzene rings is 3. The minimum Gasteiger partial charge on any atom is -0.506 e. The third-order valence-corrected chi connectivity index (χ3v) is 8.18. The zero-order valence-corrected chi connectivity index (χ0v) is 26.8. The van der Waals surface area contributed by atoms with Crippen molar-refractivity contribution >= 4 is 90.2 Å². The summed E-state index contributed by atoms with van der Waals surface area (Å²) in [4.78, 5) is 27.8. The third-order valence-electron chi connectivity index (χ3n) is 5.87. The molecule has 0 aliphatic carbocycles. The molecule has 1 aliphatic rings. The molecule has 43 heavy (non-hydrogen) atoms. The number of amides is 2. The lowest BCUT2D eigenvalue weighted by Crippen LogP contribution is -2.28. The number of rotatable bonds is 9. The first-order valence-corrected chi connectivity index (χ1v) is 15.3. The molecule has 3 aromatic carbocycles. The number of carbonyl (C=O) groups is 2. The van der Waals surface area contributed by atoms with E-state index in [0.717, 1.165) is 16.2 Å². The first-order valence-electron chi connectivity index (χ1n) is 12.6. The summed E-state index contributed by atoms with van der Waals surface area (Å²) < 4.78 is 12.5. The van der Waals surface area contributed by atoms with Crippen molar-refractivity contribution in [1.82, 2.24) is 4.90 Å². The molecule has 0 saturated carbocycles. The first kappa shape index (κ1) is 30.6. The number of amidine groups is 1. The molecule has 2 N–H and O–H groups in total. The van der Waals surface area contributed by atoms with Crippen molar-refractivity contribution in [3.63, 3.8) is 0 Å². The maximum atomic E-state index is 13.5. The largest absolute Gasteiger partial charge is 0.506 e. The fourth-order valence-corrected chi connectivity index (χ4v) is 6.16. The van der Waals surface area contributed by atoms with Crippen LogP contribution >= 0.6 is 55.2 Å². The van der Waals surface area contributed by atoms with Gasteiger partial charge >= 0.3 is 0 Å². The van der Waals surface area contributed by atoms with Gasteiger partial charge in [0.05, 0.1) is 28.4 Å². The minimum atomic E-state index is -0.350. The highest BCUT2D eigenvalue weighted by molar-refractivity contribution is 9.11. The van der Waals surface area contributed by atoms with E-state index in [9.17, 15) is 14.7 Å². The van der Waals surface area contributed by atoms with Crippen molar-refractivity contribution < 1.29 is 23.8 Å². The summed E-state index contributed by atoms with van der Waals surface area (Å²) in [6.07, 6.45) is 4.60. The van der Waals surface area contributed by atoms with Crippen LogP contribution in [0.3, 0.4) is 0 Å². The number of carbonyl (C=O) groups excluding carboxylic acids is 2. The predicted octanol–water partition coefficient (Wildman–Crippen LogP) is 7.69. The fraction of sp³-hybridized carbons (Fsp3) is 0.0667. The molecule has 0 radical (unpaired) electrons. The van der Waals surface area contributed by atoms with E-state index < -0.39 is 0 Å². The van der Waals surface area contributed by atoms with E-state index in [1.807, 2.05) is 0 Å². The molecule has 5 rings (SSSR count). The van der Waals surface area contributed by atoms with Gasteiger partial charge in [-0.15, -0.1) is 5.10 Å². The topological polar surface area (TPSA) is 117 Å². The summed E-state index contributed by atoms with van der Waals surface area (Å²) >= 11 is 13.7. The minimum absolute atomic E-state index is 0.00813. The van der Waals surface area contributed by atoms with Gasteiger partial charge in [-0.2, -0.15) is 5.10 Å². The van der Waals surface area contributed by atoms with Crippen LogP contribution < -0.4 is 10.1 Å². The first-order chi connectivity index (χ1) is 20.8. The Balaban J connectivity index is 1.36. The van der Waals surface area contributed by atoms with Crippen LogP contribution in [0.15, 0.2) is 108 Å². The summed E-state index contributed by atoms with van der Waals surface area (Å²) in [5.41, 5.74) is 1.62. The zero-order valence-electron chi connectivity index (χ0n) is 22.0. The second-order valence-corrected chi connectivity index (χ2v) is 12.1. The van der Waals surface area contributed by atoms with Gasteiger partial charge in [-0.3, -0.25) is 14.5 Å². The van der Waals surface area contributed by atoms with E-state index in [1.165, 1.54) is 17.4 Å². The molecule has 2 amide bonds. The molecule has 1 fully saturated rings. The van der Waals surface area contributed by atoms with Gasteiger partial charge < -0.3 is 19.6 Å². The van der Waals surface area contributed by atoms with E-state index in [-0.39, 0.29) is 30.7 Å². The van der Waals surface area contributed by atoms with Crippen LogP contribution in [-0.2, 0) is 16.1 Å². The number of furan rings is 1. The van der Waals surface area contributed by atoms with Crippen molar-refractivity contribution in [2.45, 2.75) is 6.54 Å². The van der Waals surface area contributed by atoms with Crippen molar-refractivity contribution in [1.29, 1.82) is 0 Å². The standard InChI is InChI=1S/C30H21Br2ClN4O5S/c31-20-12-19(28(39)24(32)14-20)15-34-36-30-37(16-23-5-3-11-41-23)29(40)26(43-30)13-18-4-1-2-6-25(18)42-17-27(38)35-22-9-7-21(33)8-10-22/h1-15,39H,16-17H2,(H,35,38)/b26-13-,34-15+,36-30-. The highest BCUT2D eigenvalue weighted by Gasteiger charge is 2.34. The second kappa shape index (κ2) is 14.1. The number of phenolic OH excluding ortho intramolecular Hbond substituents is 1. The number of para-hydroxylation sites is 1. The number of halogens is 3. The smallest absolute Gasteiger partial charge is 0.267 e. The van der Waals surface area contributed by atoms with E-state index in [1.54, 1.807) is 78.9 Å². The van der Waals surface area contributed by atoms with Crippen molar-refractivity contribution in [2.24, 2.45) is 10.2 Å². The third kappa shape index (κ3) is 7.96. The van der Waals surface area contributed by atoms with Crippen LogP contribution in [0.25, 0.3) is 6.08 Å². The van der Waals surface area contributed by atoms with Gasteiger partial charge in [-0.25, -0.2) is 0 Å². The Kier molecular flexibility index (Phi) is 10.0. The molecule has 9 nitrogen and oxygen atoms in total. The summed E-state index contributed by atoms with van der Waals surface area (Å²) in [6, 6.07) is 20.7. The number of ether oxygens (including phenoxy) is 1. The number of hydrogen-bond acceptors (Lipinski definition) is 8. The van der Waals surface area contributed by atoms with Gasteiger partial charge in [0, 0.05) is 26.3 Å². The monoisotopic (exact) mass is 742 g/mol. The highest BCUT2D eigenvalue weighted by Crippen LogP contribution is 2.36. The summed E-state index contributed by atoms with van der Waals surface area (Å²) in [7, 11) is 0. The van der Waals surface area contributed by atoms with Gasteiger partial charge in [0.1, 0.15) is 17.3 Å². The number of anilines is 1. The van der Waals surface area contributed by atoms with Gasteiger partial charge in [0.15, 0.2) is 11.8 Å². The average molecular weight is 745 g/mol. The predicted molar refractivity (Wildman–Crippen MR) is 175 cm³/mol. The molecule has 1 aromatic heterocycles. The average Bonchev–Trinajstić information content (AvgIpc) is 3.60. The van der Waals surface area contributed by atoms with E-state index in [4.69, 9.17) is 20.8 Å². The SMILES string of the molecule is O=C(COc1ccccc1/C=C1\S/C(=N\N=C\c2cc(Br)cc(Br)c2O)N(Cc2ccco2)C1=O)Nc1ccc(Cl)cc1. The molecule has 0 bridgehead atoms. The van der Waals surface area contributed by atoms with Gasteiger partial charge in [-0.1, -0.05) is 45.7 Å². The quantitative estimate of drug-likeness (QED) is 0.103. The van der Waals surface area contributed by atoms with Crippen LogP contribution in [0.2, 0.25) is 5.02 Å². The van der Waals surface area contributed by atoms with Crippen molar-refractivity contribution in [3.05, 3.63) is 115 Å². The van der Waals surface area contributed by atoms with E-state index in [0.29, 0.717) is 47.9 Å². The number of hydrogen-bond donors (Lipinski definition) is 2. The number of aromatic hydroxyl groups is 1.